The summed E-state index contributed by atoms with van der Waals surface area (Å²) in [5, 5.41) is 3.19. The molecular formula is C22H29ClN2O. The molecule has 1 N–H and O–H groups in total. The van der Waals surface area contributed by atoms with Gasteiger partial charge in [0.05, 0.1) is 11.4 Å². The fraction of sp³-hybridized carbons (Fsp3) is 0.500. The number of alkyl halides is 1. The van der Waals surface area contributed by atoms with Crippen molar-refractivity contribution < 1.29 is 4.79 Å². The van der Waals surface area contributed by atoms with Gasteiger partial charge < -0.3 is 5.32 Å². The Labute approximate surface area is 162 Å². The van der Waals surface area contributed by atoms with E-state index in [4.69, 9.17) is 11.6 Å². The van der Waals surface area contributed by atoms with Crippen LogP contribution >= 0.6 is 11.6 Å². The minimum atomic E-state index is -0.165. The molecule has 0 spiro atoms. The topological polar surface area (TPSA) is 32.3 Å². The summed E-state index contributed by atoms with van der Waals surface area (Å²) in [6.45, 7) is 8.64. The summed E-state index contributed by atoms with van der Waals surface area (Å²) in [5.41, 5.74) is 1.73. The van der Waals surface area contributed by atoms with Crippen LogP contribution in [0.15, 0.2) is 54.1 Å². The number of allylic oxidation sites excluding steroid dienone is 3. The van der Waals surface area contributed by atoms with Crippen LogP contribution in [0.5, 0.6) is 0 Å². The number of nitrogens with zero attached hydrogens (tertiary/aromatic N) is 1. The molecule has 1 heterocycles. The van der Waals surface area contributed by atoms with E-state index in [9.17, 15) is 4.79 Å². The number of amides is 1. The SMILES string of the molecule is CC1C(C(=O)NC(c2ccccc2)C(C)(C)N2CCCC2)=CC=CC1Cl. The highest BCUT2D eigenvalue weighted by Gasteiger charge is 2.39. The lowest BCUT2D eigenvalue weighted by molar-refractivity contribution is -0.119. The summed E-state index contributed by atoms with van der Waals surface area (Å²) < 4.78 is 0. The Morgan fingerprint density at radius 2 is 1.88 bits per heavy atom. The first-order valence-electron chi connectivity index (χ1n) is 9.54. The number of benzene rings is 1. The molecule has 1 aromatic rings. The third-order valence-electron chi connectivity index (χ3n) is 5.84. The van der Waals surface area contributed by atoms with E-state index in [0.29, 0.717) is 0 Å². The summed E-state index contributed by atoms with van der Waals surface area (Å²) in [4.78, 5) is 15.6. The van der Waals surface area contributed by atoms with E-state index in [2.05, 4.69) is 36.2 Å². The zero-order chi connectivity index (χ0) is 18.7. The van der Waals surface area contributed by atoms with Gasteiger partial charge in [-0.1, -0.05) is 55.5 Å². The van der Waals surface area contributed by atoms with E-state index in [0.717, 1.165) is 24.2 Å². The first-order valence-corrected chi connectivity index (χ1v) is 9.98. The smallest absolute Gasteiger partial charge is 0.248 e. The number of nitrogens with one attached hydrogen (secondary N) is 1. The molecule has 1 aliphatic heterocycles. The van der Waals surface area contributed by atoms with Crippen LogP contribution < -0.4 is 5.32 Å². The van der Waals surface area contributed by atoms with Crippen LogP contribution in [0.3, 0.4) is 0 Å². The normalized spacial score (nSPS) is 25.0. The zero-order valence-corrected chi connectivity index (χ0v) is 16.7. The van der Waals surface area contributed by atoms with Crippen LogP contribution in [-0.4, -0.2) is 34.8 Å². The lowest BCUT2D eigenvalue weighted by Crippen LogP contribution is -2.53. The predicted octanol–water partition coefficient (Wildman–Crippen LogP) is 4.46. The lowest BCUT2D eigenvalue weighted by Gasteiger charge is -2.43. The maximum atomic E-state index is 13.1. The summed E-state index contributed by atoms with van der Waals surface area (Å²) in [6, 6.07) is 10.2. The Balaban J connectivity index is 1.88. The summed E-state index contributed by atoms with van der Waals surface area (Å²) >= 11 is 6.34. The van der Waals surface area contributed by atoms with Crippen molar-refractivity contribution in [1.29, 1.82) is 0 Å². The van der Waals surface area contributed by atoms with Crippen molar-refractivity contribution in [2.75, 3.05) is 13.1 Å². The van der Waals surface area contributed by atoms with Gasteiger partial charge in [0, 0.05) is 17.0 Å². The second-order valence-corrected chi connectivity index (χ2v) is 8.41. The van der Waals surface area contributed by atoms with Crippen molar-refractivity contribution in [3.63, 3.8) is 0 Å². The Bertz CT molecular complexity index is 689. The molecule has 1 fully saturated rings. The van der Waals surface area contributed by atoms with Gasteiger partial charge in [-0.15, -0.1) is 11.6 Å². The van der Waals surface area contributed by atoms with Crippen LogP contribution in [-0.2, 0) is 4.79 Å². The van der Waals surface area contributed by atoms with Crippen LogP contribution in [0, 0.1) is 5.92 Å². The summed E-state index contributed by atoms with van der Waals surface area (Å²) in [7, 11) is 0. The van der Waals surface area contributed by atoms with E-state index in [1.54, 1.807) is 0 Å². The molecule has 1 saturated heterocycles. The summed E-state index contributed by atoms with van der Waals surface area (Å²) in [5.74, 6) is -0.0124. The molecule has 3 atom stereocenters. The fourth-order valence-electron chi connectivity index (χ4n) is 4.04. The molecule has 1 aromatic carbocycles. The third-order valence-corrected chi connectivity index (χ3v) is 6.36. The average Bonchev–Trinajstić information content (AvgIpc) is 3.18. The molecule has 26 heavy (non-hydrogen) atoms. The molecule has 3 unspecified atom stereocenters. The molecule has 1 amide bonds. The van der Waals surface area contributed by atoms with Crippen LogP contribution in [0.4, 0.5) is 0 Å². The standard InChI is InChI=1S/C22H29ClN2O/c1-16-18(12-9-13-19(16)23)21(26)24-20(17-10-5-4-6-11-17)22(2,3)25-14-7-8-15-25/h4-6,9-13,16,19-20H,7-8,14-15H2,1-3H3,(H,24,26). The minimum absolute atomic E-state index is 0.00740. The van der Waals surface area contributed by atoms with Crippen molar-refractivity contribution in [3.05, 3.63) is 59.7 Å². The van der Waals surface area contributed by atoms with Gasteiger partial charge >= 0.3 is 0 Å². The first kappa shape index (κ1) is 19.2. The number of halogens is 1. The highest BCUT2D eigenvalue weighted by atomic mass is 35.5. The van der Waals surface area contributed by atoms with Gasteiger partial charge in [-0.2, -0.15) is 0 Å². The average molecular weight is 373 g/mol. The number of carbonyl (C=O) groups is 1. The minimum Gasteiger partial charge on any atom is -0.344 e. The van der Waals surface area contributed by atoms with Crippen molar-refractivity contribution in [2.45, 2.75) is 50.6 Å². The molecule has 2 aliphatic rings. The number of rotatable bonds is 5. The zero-order valence-electron chi connectivity index (χ0n) is 15.9. The Hall–Kier alpha value is -1.58. The van der Waals surface area contributed by atoms with Gasteiger partial charge in [0.25, 0.3) is 0 Å². The molecule has 0 radical (unpaired) electrons. The van der Waals surface area contributed by atoms with Gasteiger partial charge in [0.2, 0.25) is 5.91 Å². The molecule has 3 nitrogen and oxygen atoms in total. The largest absolute Gasteiger partial charge is 0.344 e. The van der Waals surface area contributed by atoms with Gasteiger partial charge in [-0.05, 0) is 45.3 Å². The van der Waals surface area contributed by atoms with E-state index in [1.807, 2.05) is 43.4 Å². The molecule has 140 valence electrons. The maximum absolute atomic E-state index is 13.1. The van der Waals surface area contributed by atoms with Crippen LogP contribution in [0.25, 0.3) is 0 Å². The van der Waals surface area contributed by atoms with Gasteiger partial charge in [-0.25, -0.2) is 0 Å². The van der Waals surface area contributed by atoms with E-state index < -0.39 is 0 Å². The van der Waals surface area contributed by atoms with Crippen LogP contribution in [0.2, 0.25) is 0 Å². The quantitative estimate of drug-likeness (QED) is 0.774. The van der Waals surface area contributed by atoms with Crippen molar-refractivity contribution in [2.24, 2.45) is 5.92 Å². The Morgan fingerprint density at radius 3 is 2.54 bits per heavy atom. The van der Waals surface area contributed by atoms with Crippen LogP contribution in [0.1, 0.15) is 45.2 Å². The first-order chi connectivity index (χ1) is 12.4. The van der Waals surface area contributed by atoms with Crippen molar-refractivity contribution in [1.82, 2.24) is 10.2 Å². The van der Waals surface area contributed by atoms with Crippen molar-refractivity contribution >= 4 is 17.5 Å². The highest BCUT2D eigenvalue weighted by Crippen LogP contribution is 2.34. The molecule has 0 saturated carbocycles. The Kier molecular flexibility index (Phi) is 5.89. The second kappa shape index (κ2) is 7.98. The molecule has 4 heteroatoms. The lowest BCUT2D eigenvalue weighted by atomic mass is 9.85. The molecule has 0 bridgehead atoms. The van der Waals surface area contributed by atoms with E-state index in [1.165, 1.54) is 12.8 Å². The highest BCUT2D eigenvalue weighted by molar-refractivity contribution is 6.22. The van der Waals surface area contributed by atoms with E-state index in [-0.39, 0.29) is 28.8 Å². The van der Waals surface area contributed by atoms with Gasteiger partial charge in [0.15, 0.2) is 0 Å². The second-order valence-electron chi connectivity index (χ2n) is 7.90. The predicted molar refractivity (Wildman–Crippen MR) is 108 cm³/mol. The van der Waals surface area contributed by atoms with E-state index >= 15 is 0 Å². The van der Waals surface area contributed by atoms with Gasteiger partial charge in [0.1, 0.15) is 0 Å². The number of hydrogen-bond acceptors (Lipinski definition) is 2. The number of carbonyl (C=O) groups excluding carboxylic acids is 1. The summed E-state index contributed by atoms with van der Waals surface area (Å²) in [6.07, 6.45) is 8.16. The maximum Gasteiger partial charge on any atom is 0.248 e. The number of likely N-dealkylation sites (tertiary alicyclic amines) is 1. The third kappa shape index (κ3) is 3.89. The number of hydrogen-bond donors (Lipinski definition) is 1. The molecule has 0 aromatic heterocycles. The molecule has 3 rings (SSSR count). The Morgan fingerprint density at radius 1 is 1.23 bits per heavy atom. The molecular weight excluding hydrogens is 344 g/mol. The van der Waals surface area contributed by atoms with Gasteiger partial charge in [-0.3, -0.25) is 9.69 Å². The van der Waals surface area contributed by atoms with Crippen molar-refractivity contribution in [3.8, 4) is 0 Å². The monoisotopic (exact) mass is 372 g/mol. The molecule has 1 aliphatic carbocycles. The fourth-order valence-corrected chi connectivity index (χ4v) is 4.26.